The fourth-order valence-electron chi connectivity index (χ4n) is 1.56. The molecule has 82 valence electrons. The maximum atomic E-state index is 5.73. The molecule has 4 nitrogen and oxygen atoms in total. The van der Waals surface area contributed by atoms with Gasteiger partial charge in [0.05, 0.1) is 4.47 Å². The Bertz CT molecular complexity index is 363. The zero-order valence-electron chi connectivity index (χ0n) is 8.28. The molecule has 0 radical (unpaired) electrons. The predicted octanol–water partition coefficient (Wildman–Crippen LogP) is 1.98. The molecule has 1 atom stereocenters. The first-order valence-electron chi connectivity index (χ1n) is 4.68. The van der Waals surface area contributed by atoms with Crippen LogP contribution in [0.3, 0.4) is 0 Å². The van der Waals surface area contributed by atoms with Gasteiger partial charge in [0.25, 0.3) is 0 Å². The van der Waals surface area contributed by atoms with Crippen molar-refractivity contribution in [3.8, 4) is 5.88 Å². The summed E-state index contributed by atoms with van der Waals surface area (Å²) in [6.07, 6.45) is 2.81. The van der Waals surface area contributed by atoms with Crippen molar-refractivity contribution in [1.29, 1.82) is 0 Å². The molecule has 0 N–H and O–H groups in total. The second-order valence-corrected chi connectivity index (χ2v) is 4.78. The summed E-state index contributed by atoms with van der Waals surface area (Å²) in [4.78, 5) is 10.1. The normalized spacial score (nSPS) is 21.9. The van der Waals surface area contributed by atoms with Gasteiger partial charge in [0.1, 0.15) is 6.10 Å². The SMILES string of the molecule is CN1CCC(Oc2nc(Cl)ncc2Br)C1. The van der Waals surface area contributed by atoms with Crippen LogP contribution in [0.15, 0.2) is 10.7 Å². The van der Waals surface area contributed by atoms with Crippen LogP contribution in [0.2, 0.25) is 5.28 Å². The first-order chi connectivity index (χ1) is 7.15. The Morgan fingerprint density at radius 1 is 1.67 bits per heavy atom. The van der Waals surface area contributed by atoms with Crippen LogP contribution < -0.4 is 4.74 Å². The quantitative estimate of drug-likeness (QED) is 0.781. The number of halogens is 2. The summed E-state index contributed by atoms with van der Waals surface area (Å²) in [6.45, 7) is 1.98. The van der Waals surface area contributed by atoms with Crippen LogP contribution in [0, 0.1) is 0 Å². The molecule has 1 aliphatic rings. The van der Waals surface area contributed by atoms with Gasteiger partial charge in [-0.3, -0.25) is 0 Å². The van der Waals surface area contributed by atoms with Gasteiger partial charge in [0.2, 0.25) is 11.2 Å². The van der Waals surface area contributed by atoms with Crippen LogP contribution >= 0.6 is 27.5 Å². The highest BCUT2D eigenvalue weighted by atomic mass is 79.9. The van der Waals surface area contributed by atoms with Gasteiger partial charge in [0.15, 0.2) is 0 Å². The number of ether oxygens (including phenoxy) is 1. The number of hydrogen-bond donors (Lipinski definition) is 0. The Labute approximate surface area is 102 Å². The van der Waals surface area contributed by atoms with Gasteiger partial charge < -0.3 is 9.64 Å². The predicted molar refractivity (Wildman–Crippen MR) is 61.3 cm³/mol. The zero-order chi connectivity index (χ0) is 10.8. The van der Waals surface area contributed by atoms with Crippen molar-refractivity contribution >= 4 is 27.5 Å². The van der Waals surface area contributed by atoms with E-state index < -0.39 is 0 Å². The van der Waals surface area contributed by atoms with Gasteiger partial charge in [-0.15, -0.1) is 0 Å². The Hall–Kier alpha value is -0.390. The minimum Gasteiger partial charge on any atom is -0.472 e. The van der Waals surface area contributed by atoms with Crippen molar-refractivity contribution in [3.05, 3.63) is 16.0 Å². The molecule has 1 unspecified atom stereocenters. The fourth-order valence-corrected chi connectivity index (χ4v) is 1.97. The molecule has 1 aromatic heterocycles. The smallest absolute Gasteiger partial charge is 0.232 e. The molecule has 1 aromatic rings. The van der Waals surface area contributed by atoms with Crippen molar-refractivity contribution < 1.29 is 4.74 Å². The van der Waals surface area contributed by atoms with Gasteiger partial charge in [-0.1, -0.05) is 0 Å². The van der Waals surface area contributed by atoms with Crippen molar-refractivity contribution in [1.82, 2.24) is 14.9 Å². The number of nitrogens with zero attached hydrogens (tertiary/aromatic N) is 3. The lowest BCUT2D eigenvalue weighted by Gasteiger charge is -2.13. The number of hydrogen-bond acceptors (Lipinski definition) is 4. The third kappa shape index (κ3) is 2.80. The second kappa shape index (κ2) is 4.63. The third-order valence-corrected chi connectivity index (χ3v) is 3.03. The molecule has 0 saturated carbocycles. The molecular weight excluding hydrogens is 281 g/mol. The van der Waals surface area contributed by atoms with Crippen LogP contribution in [0.1, 0.15) is 6.42 Å². The summed E-state index contributed by atoms with van der Waals surface area (Å²) < 4.78 is 6.47. The molecule has 6 heteroatoms. The molecule has 2 heterocycles. The second-order valence-electron chi connectivity index (χ2n) is 3.58. The maximum Gasteiger partial charge on any atom is 0.232 e. The van der Waals surface area contributed by atoms with Crippen LogP contribution in [0.25, 0.3) is 0 Å². The molecule has 1 fully saturated rings. The van der Waals surface area contributed by atoms with E-state index in [0.29, 0.717) is 5.88 Å². The summed E-state index contributed by atoms with van der Waals surface area (Å²) >= 11 is 9.03. The highest BCUT2D eigenvalue weighted by molar-refractivity contribution is 9.10. The third-order valence-electron chi connectivity index (χ3n) is 2.31. The summed E-state index contributed by atoms with van der Waals surface area (Å²) in [6, 6.07) is 0. The minimum atomic E-state index is 0.192. The van der Waals surface area contributed by atoms with Gasteiger partial charge in [0, 0.05) is 19.3 Å². The minimum absolute atomic E-state index is 0.192. The number of aromatic nitrogens is 2. The van der Waals surface area contributed by atoms with Gasteiger partial charge in [-0.25, -0.2) is 4.98 Å². The maximum absolute atomic E-state index is 5.73. The molecule has 0 aromatic carbocycles. The molecular formula is C9H11BrClN3O. The van der Waals surface area contributed by atoms with E-state index in [0.717, 1.165) is 24.0 Å². The lowest BCUT2D eigenvalue weighted by Crippen LogP contribution is -2.22. The first kappa shape index (κ1) is 11.1. The number of likely N-dealkylation sites (tertiary alicyclic amines) is 1. The van der Waals surface area contributed by atoms with Crippen LogP contribution in [-0.2, 0) is 0 Å². The van der Waals surface area contributed by atoms with E-state index in [1.165, 1.54) is 0 Å². The Morgan fingerprint density at radius 3 is 3.13 bits per heavy atom. The first-order valence-corrected chi connectivity index (χ1v) is 5.85. The van der Waals surface area contributed by atoms with Crippen LogP contribution in [-0.4, -0.2) is 41.1 Å². The molecule has 0 aliphatic carbocycles. The van der Waals surface area contributed by atoms with E-state index in [1.807, 2.05) is 0 Å². The highest BCUT2D eigenvalue weighted by Crippen LogP contribution is 2.25. The Kier molecular flexibility index (Phi) is 3.43. The van der Waals surface area contributed by atoms with Gasteiger partial charge in [-0.05, 0) is 41.0 Å². The monoisotopic (exact) mass is 291 g/mol. The molecule has 2 rings (SSSR count). The zero-order valence-corrected chi connectivity index (χ0v) is 10.6. The van der Waals surface area contributed by atoms with E-state index >= 15 is 0 Å². The van der Waals surface area contributed by atoms with E-state index in [9.17, 15) is 0 Å². The fraction of sp³-hybridized carbons (Fsp3) is 0.556. The van der Waals surface area contributed by atoms with Crippen LogP contribution in [0.5, 0.6) is 5.88 Å². The summed E-state index contributed by atoms with van der Waals surface area (Å²) in [7, 11) is 2.07. The lowest BCUT2D eigenvalue weighted by molar-refractivity contribution is 0.198. The highest BCUT2D eigenvalue weighted by Gasteiger charge is 2.22. The average molecular weight is 293 g/mol. The molecule has 0 amide bonds. The van der Waals surface area contributed by atoms with Crippen molar-refractivity contribution in [2.45, 2.75) is 12.5 Å². The standard InChI is InChI=1S/C9H11BrClN3O/c1-14-3-2-6(5-14)15-8-7(10)4-12-9(11)13-8/h4,6H,2-3,5H2,1H3. The lowest BCUT2D eigenvalue weighted by atomic mass is 10.3. The summed E-state index contributed by atoms with van der Waals surface area (Å²) in [5.74, 6) is 0.523. The molecule has 1 saturated heterocycles. The van der Waals surface area contributed by atoms with Crippen molar-refractivity contribution in [2.75, 3.05) is 20.1 Å². The topological polar surface area (TPSA) is 38.2 Å². The molecule has 1 aliphatic heterocycles. The van der Waals surface area contributed by atoms with Crippen LogP contribution in [0.4, 0.5) is 0 Å². The number of rotatable bonds is 2. The molecule has 15 heavy (non-hydrogen) atoms. The van der Waals surface area contributed by atoms with Crippen molar-refractivity contribution in [3.63, 3.8) is 0 Å². The Morgan fingerprint density at radius 2 is 2.47 bits per heavy atom. The molecule has 0 spiro atoms. The summed E-state index contributed by atoms with van der Waals surface area (Å²) in [5.41, 5.74) is 0. The van der Waals surface area contributed by atoms with Gasteiger partial charge >= 0.3 is 0 Å². The number of likely N-dealkylation sites (N-methyl/N-ethyl adjacent to an activating group) is 1. The average Bonchev–Trinajstić information content (AvgIpc) is 2.58. The van der Waals surface area contributed by atoms with E-state index in [4.69, 9.17) is 16.3 Å². The van der Waals surface area contributed by atoms with Gasteiger partial charge in [-0.2, -0.15) is 4.98 Å². The Balaban J connectivity index is 2.07. The van der Waals surface area contributed by atoms with E-state index in [2.05, 4.69) is 37.8 Å². The largest absolute Gasteiger partial charge is 0.472 e. The summed E-state index contributed by atoms with van der Waals surface area (Å²) in [5, 5.41) is 0.208. The van der Waals surface area contributed by atoms with E-state index in [-0.39, 0.29) is 11.4 Å². The van der Waals surface area contributed by atoms with Crippen molar-refractivity contribution in [2.24, 2.45) is 0 Å². The molecule has 0 bridgehead atoms. The van der Waals surface area contributed by atoms with E-state index in [1.54, 1.807) is 6.20 Å².